The summed E-state index contributed by atoms with van der Waals surface area (Å²) in [7, 11) is 3.32. The van der Waals surface area contributed by atoms with Crippen LogP contribution in [0.5, 0.6) is 0 Å². The first-order chi connectivity index (χ1) is 9.43. The van der Waals surface area contributed by atoms with Crippen LogP contribution in [-0.4, -0.2) is 54.2 Å². The molecule has 0 aromatic carbocycles. The molecule has 0 saturated heterocycles. The van der Waals surface area contributed by atoms with Gasteiger partial charge in [-0.1, -0.05) is 6.92 Å². The molecule has 1 aromatic heterocycles. The van der Waals surface area contributed by atoms with E-state index in [0.717, 1.165) is 0 Å². The minimum absolute atomic E-state index is 0.173. The van der Waals surface area contributed by atoms with Crippen molar-refractivity contribution in [3.8, 4) is 0 Å². The first-order valence-corrected chi connectivity index (χ1v) is 6.37. The number of carboxylic acid groups (broad SMARTS) is 1. The molecular formula is C13H20N4O3. The van der Waals surface area contributed by atoms with E-state index in [-0.39, 0.29) is 11.6 Å². The maximum atomic E-state index is 11.3. The van der Waals surface area contributed by atoms with Crippen molar-refractivity contribution in [3.63, 3.8) is 0 Å². The Morgan fingerprint density at radius 1 is 1.30 bits per heavy atom. The Morgan fingerprint density at radius 3 is 2.55 bits per heavy atom. The standard InChI is InChI=1S/C13H20N4O3/c1-4-10-7-9(12(18)19)8-11(16-10)14-5-6-15-13(20)17(2)3/h7-8H,4-6H2,1-3H3,(H,14,16)(H,15,20)(H,18,19). The summed E-state index contributed by atoms with van der Waals surface area (Å²) in [5.74, 6) is -0.480. The number of hydrogen-bond acceptors (Lipinski definition) is 4. The molecule has 7 nitrogen and oxygen atoms in total. The van der Waals surface area contributed by atoms with Crippen LogP contribution in [0.25, 0.3) is 0 Å². The van der Waals surface area contributed by atoms with E-state index in [0.29, 0.717) is 31.0 Å². The molecule has 0 aliphatic rings. The number of aromatic carboxylic acids is 1. The third kappa shape index (κ3) is 4.75. The fourth-order valence-electron chi connectivity index (χ4n) is 1.50. The monoisotopic (exact) mass is 280 g/mol. The molecule has 0 saturated carbocycles. The van der Waals surface area contributed by atoms with Crippen molar-refractivity contribution < 1.29 is 14.7 Å². The van der Waals surface area contributed by atoms with E-state index in [1.807, 2.05) is 6.92 Å². The lowest BCUT2D eigenvalue weighted by Crippen LogP contribution is -2.37. The Labute approximate surface area is 118 Å². The summed E-state index contributed by atoms with van der Waals surface area (Å²) < 4.78 is 0. The summed E-state index contributed by atoms with van der Waals surface area (Å²) in [6.07, 6.45) is 0.660. The number of nitrogens with one attached hydrogen (secondary N) is 2. The van der Waals surface area contributed by atoms with Crippen LogP contribution >= 0.6 is 0 Å². The second kappa shape index (κ2) is 7.32. The van der Waals surface area contributed by atoms with Gasteiger partial charge < -0.3 is 20.6 Å². The van der Waals surface area contributed by atoms with Crippen molar-refractivity contribution in [2.45, 2.75) is 13.3 Å². The molecular weight excluding hydrogens is 260 g/mol. The zero-order valence-electron chi connectivity index (χ0n) is 11.9. The molecule has 0 aliphatic heterocycles. The van der Waals surface area contributed by atoms with Gasteiger partial charge in [-0.15, -0.1) is 0 Å². The van der Waals surface area contributed by atoms with Crippen molar-refractivity contribution in [2.75, 3.05) is 32.5 Å². The lowest BCUT2D eigenvalue weighted by atomic mass is 10.2. The fraction of sp³-hybridized carbons (Fsp3) is 0.462. The lowest BCUT2D eigenvalue weighted by molar-refractivity contribution is 0.0696. The Morgan fingerprint density at radius 2 is 2.00 bits per heavy atom. The predicted molar refractivity (Wildman–Crippen MR) is 76.1 cm³/mol. The van der Waals surface area contributed by atoms with Gasteiger partial charge in [0.15, 0.2) is 0 Å². The maximum absolute atomic E-state index is 11.3. The van der Waals surface area contributed by atoms with Gasteiger partial charge in [-0.3, -0.25) is 0 Å². The van der Waals surface area contributed by atoms with Crippen LogP contribution in [0, 0.1) is 0 Å². The van der Waals surface area contributed by atoms with Gasteiger partial charge in [0.25, 0.3) is 0 Å². The fourth-order valence-corrected chi connectivity index (χ4v) is 1.50. The SMILES string of the molecule is CCc1cc(C(=O)O)cc(NCCNC(=O)N(C)C)n1. The number of pyridine rings is 1. The zero-order valence-corrected chi connectivity index (χ0v) is 11.9. The number of carbonyl (C=O) groups excluding carboxylic acids is 1. The summed E-state index contributed by atoms with van der Waals surface area (Å²) in [5, 5.41) is 14.7. The van der Waals surface area contributed by atoms with Crippen LogP contribution in [0.4, 0.5) is 10.6 Å². The van der Waals surface area contributed by atoms with Gasteiger partial charge in [0.2, 0.25) is 0 Å². The summed E-state index contributed by atoms with van der Waals surface area (Å²) in [5.41, 5.74) is 0.918. The number of rotatable bonds is 6. The van der Waals surface area contributed by atoms with Crippen molar-refractivity contribution >= 4 is 17.8 Å². The lowest BCUT2D eigenvalue weighted by Gasteiger charge is -2.13. The van der Waals surface area contributed by atoms with Crippen molar-refractivity contribution in [1.82, 2.24) is 15.2 Å². The minimum atomic E-state index is -0.980. The molecule has 0 aliphatic carbocycles. The van der Waals surface area contributed by atoms with Crippen molar-refractivity contribution in [3.05, 3.63) is 23.4 Å². The summed E-state index contributed by atoms with van der Waals surface area (Å²) in [6, 6.07) is 2.87. The van der Waals surface area contributed by atoms with Crippen LogP contribution < -0.4 is 10.6 Å². The summed E-state index contributed by atoms with van der Waals surface area (Å²) in [4.78, 5) is 28.0. The number of urea groups is 1. The molecule has 7 heteroatoms. The van der Waals surface area contributed by atoms with Crippen LogP contribution in [0.3, 0.4) is 0 Å². The highest BCUT2D eigenvalue weighted by atomic mass is 16.4. The van der Waals surface area contributed by atoms with Gasteiger partial charge in [-0.25, -0.2) is 14.6 Å². The van der Waals surface area contributed by atoms with E-state index >= 15 is 0 Å². The van der Waals surface area contributed by atoms with Gasteiger partial charge in [0.05, 0.1) is 5.56 Å². The maximum Gasteiger partial charge on any atom is 0.335 e. The minimum Gasteiger partial charge on any atom is -0.478 e. The number of nitrogens with zero attached hydrogens (tertiary/aromatic N) is 2. The van der Waals surface area contributed by atoms with Gasteiger partial charge in [-0.05, 0) is 18.6 Å². The van der Waals surface area contributed by atoms with Crippen LogP contribution in [0.15, 0.2) is 12.1 Å². The molecule has 2 amide bonds. The molecule has 0 bridgehead atoms. The number of carboxylic acids is 1. The first kappa shape index (κ1) is 15.7. The Kier molecular flexibility index (Phi) is 5.76. The molecule has 0 atom stereocenters. The summed E-state index contributed by atoms with van der Waals surface area (Å²) >= 11 is 0. The molecule has 0 fully saturated rings. The van der Waals surface area contributed by atoms with E-state index in [4.69, 9.17) is 5.11 Å². The van der Waals surface area contributed by atoms with Gasteiger partial charge in [0.1, 0.15) is 5.82 Å². The average molecular weight is 280 g/mol. The van der Waals surface area contributed by atoms with Crippen molar-refractivity contribution in [1.29, 1.82) is 0 Å². The Bertz CT molecular complexity index is 489. The number of aromatic nitrogens is 1. The molecule has 0 spiro atoms. The Hall–Kier alpha value is -2.31. The number of hydrogen-bond donors (Lipinski definition) is 3. The average Bonchev–Trinajstić information content (AvgIpc) is 2.42. The second-order valence-corrected chi connectivity index (χ2v) is 4.44. The highest BCUT2D eigenvalue weighted by molar-refractivity contribution is 5.88. The smallest absolute Gasteiger partial charge is 0.335 e. The largest absolute Gasteiger partial charge is 0.478 e. The zero-order chi connectivity index (χ0) is 15.1. The third-order valence-electron chi connectivity index (χ3n) is 2.60. The van der Waals surface area contributed by atoms with Crippen LogP contribution in [-0.2, 0) is 6.42 Å². The molecule has 0 radical (unpaired) electrons. The normalized spacial score (nSPS) is 9.95. The molecule has 3 N–H and O–H groups in total. The molecule has 1 aromatic rings. The number of amides is 2. The van der Waals surface area contributed by atoms with Gasteiger partial charge in [0, 0.05) is 32.9 Å². The van der Waals surface area contributed by atoms with Crippen LogP contribution in [0.2, 0.25) is 0 Å². The third-order valence-corrected chi connectivity index (χ3v) is 2.60. The van der Waals surface area contributed by atoms with E-state index in [1.165, 1.54) is 11.0 Å². The molecule has 1 rings (SSSR count). The topological polar surface area (TPSA) is 94.6 Å². The van der Waals surface area contributed by atoms with E-state index in [9.17, 15) is 9.59 Å². The highest BCUT2D eigenvalue weighted by Gasteiger charge is 2.07. The van der Waals surface area contributed by atoms with Gasteiger partial charge >= 0.3 is 12.0 Å². The predicted octanol–water partition coefficient (Wildman–Crippen LogP) is 1.03. The Balaban J connectivity index is 2.57. The molecule has 110 valence electrons. The van der Waals surface area contributed by atoms with Crippen molar-refractivity contribution in [2.24, 2.45) is 0 Å². The quantitative estimate of drug-likeness (QED) is 0.676. The summed E-state index contributed by atoms with van der Waals surface area (Å²) in [6.45, 7) is 2.81. The molecule has 20 heavy (non-hydrogen) atoms. The number of aryl methyl sites for hydroxylation is 1. The first-order valence-electron chi connectivity index (χ1n) is 6.37. The van der Waals surface area contributed by atoms with E-state index in [2.05, 4.69) is 15.6 Å². The highest BCUT2D eigenvalue weighted by Crippen LogP contribution is 2.11. The second-order valence-electron chi connectivity index (χ2n) is 4.44. The number of anilines is 1. The van der Waals surface area contributed by atoms with E-state index in [1.54, 1.807) is 20.2 Å². The van der Waals surface area contributed by atoms with E-state index < -0.39 is 5.97 Å². The molecule has 1 heterocycles. The molecule has 0 unspecified atom stereocenters. The van der Waals surface area contributed by atoms with Crippen LogP contribution in [0.1, 0.15) is 23.0 Å². The van der Waals surface area contributed by atoms with Gasteiger partial charge in [-0.2, -0.15) is 0 Å². The number of carbonyl (C=O) groups is 2.